The van der Waals surface area contributed by atoms with Gasteiger partial charge in [-0.25, -0.2) is 13.6 Å². The van der Waals surface area contributed by atoms with Crippen LogP contribution in [0.25, 0.3) is 6.08 Å². The van der Waals surface area contributed by atoms with E-state index < -0.39 is 23.4 Å². The summed E-state index contributed by atoms with van der Waals surface area (Å²) in [4.78, 5) is 11.6. The Morgan fingerprint density at radius 2 is 1.73 bits per heavy atom. The van der Waals surface area contributed by atoms with E-state index in [1.54, 1.807) is 37.5 Å². The normalized spacial score (nSPS) is 10.5. The van der Waals surface area contributed by atoms with Crippen molar-refractivity contribution in [3.63, 3.8) is 0 Å². The fraction of sp³-hybridized carbons (Fsp3) is 0.0625. The highest BCUT2D eigenvalue weighted by Crippen LogP contribution is 2.17. The van der Waals surface area contributed by atoms with Crippen LogP contribution in [0.2, 0.25) is 0 Å². The molecule has 2 amide bonds. The monoisotopic (exact) mass is 304 g/mol. The van der Waals surface area contributed by atoms with Crippen molar-refractivity contribution in [2.75, 3.05) is 12.4 Å². The molecule has 2 aromatic rings. The minimum atomic E-state index is -0.839. The van der Waals surface area contributed by atoms with Gasteiger partial charge in [-0.3, -0.25) is 0 Å². The summed E-state index contributed by atoms with van der Waals surface area (Å²) in [5.74, 6) is -0.957. The Hall–Kier alpha value is -2.89. The van der Waals surface area contributed by atoms with Gasteiger partial charge in [0.2, 0.25) is 0 Å². The molecule has 0 aromatic heterocycles. The molecule has 0 atom stereocenters. The lowest BCUT2D eigenvalue weighted by molar-refractivity contribution is 0.255. The summed E-state index contributed by atoms with van der Waals surface area (Å²) in [5, 5.41) is 4.48. The van der Waals surface area contributed by atoms with Crippen molar-refractivity contribution in [1.29, 1.82) is 0 Å². The number of rotatable bonds is 4. The van der Waals surface area contributed by atoms with Gasteiger partial charge in [0.15, 0.2) is 0 Å². The summed E-state index contributed by atoms with van der Waals surface area (Å²) < 4.78 is 31.7. The molecule has 6 heteroatoms. The third-order valence-corrected chi connectivity index (χ3v) is 2.81. The maximum absolute atomic E-state index is 13.4. The maximum atomic E-state index is 13.4. The van der Waals surface area contributed by atoms with Crippen molar-refractivity contribution in [3.05, 3.63) is 65.9 Å². The number of hydrogen-bond donors (Lipinski definition) is 2. The summed E-state index contributed by atoms with van der Waals surface area (Å²) >= 11 is 0. The Morgan fingerprint density at radius 1 is 1.09 bits per heavy atom. The Morgan fingerprint density at radius 3 is 2.32 bits per heavy atom. The Balaban J connectivity index is 1.93. The largest absolute Gasteiger partial charge is 0.497 e. The molecule has 0 aliphatic carbocycles. The fourth-order valence-electron chi connectivity index (χ4n) is 1.70. The standard InChI is InChI=1S/C16H14F2N2O2/c1-22-12-7-5-11(6-8-12)9-10-19-16(21)20-15-13(17)3-2-4-14(15)18/h2-10H,1H3,(H2,19,20,21)/b10-9+. The lowest BCUT2D eigenvalue weighted by Crippen LogP contribution is -2.24. The van der Waals surface area contributed by atoms with E-state index in [1.165, 1.54) is 12.3 Å². The second-order valence-corrected chi connectivity index (χ2v) is 4.30. The van der Waals surface area contributed by atoms with Crippen LogP contribution in [0.5, 0.6) is 5.75 Å². The quantitative estimate of drug-likeness (QED) is 0.903. The second-order valence-electron chi connectivity index (χ2n) is 4.30. The first-order valence-electron chi connectivity index (χ1n) is 6.42. The smallest absolute Gasteiger partial charge is 0.323 e. The van der Waals surface area contributed by atoms with Crippen LogP contribution in [-0.2, 0) is 0 Å². The van der Waals surface area contributed by atoms with Gasteiger partial charge in [0.25, 0.3) is 0 Å². The summed E-state index contributed by atoms with van der Waals surface area (Å²) in [6.07, 6.45) is 3.01. The number of hydrogen-bond acceptors (Lipinski definition) is 2. The highest BCUT2D eigenvalue weighted by molar-refractivity contribution is 5.90. The number of halogens is 2. The summed E-state index contributed by atoms with van der Waals surface area (Å²) in [7, 11) is 1.57. The van der Waals surface area contributed by atoms with Crippen LogP contribution in [-0.4, -0.2) is 13.1 Å². The van der Waals surface area contributed by atoms with Gasteiger partial charge in [-0.1, -0.05) is 18.2 Å². The first-order valence-corrected chi connectivity index (χ1v) is 6.42. The molecule has 0 bridgehead atoms. The molecule has 0 heterocycles. The lowest BCUT2D eigenvalue weighted by Gasteiger charge is -2.06. The molecule has 0 radical (unpaired) electrons. The van der Waals surface area contributed by atoms with E-state index in [-0.39, 0.29) is 0 Å². The number of methoxy groups -OCH3 is 1. The Bertz CT molecular complexity index is 665. The van der Waals surface area contributed by atoms with Gasteiger partial charge in [0.1, 0.15) is 23.1 Å². The summed E-state index contributed by atoms with van der Waals surface area (Å²) in [5.41, 5.74) is 0.344. The van der Waals surface area contributed by atoms with Crippen molar-refractivity contribution in [1.82, 2.24) is 5.32 Å². The van der Waals surface area contributed by atoms with Crippen molar-refractivity contribution in [2.45, 2.75) is 0 Å². The topological polar surface area (TPSA) is 50.4 Å². The van der Waals surface area contributed by atoms with Crippen molar-refractivity contribution in [2.24, 2.45) is 0 Å². The van der Waals surface area contributed by atoms with Crippen molar-refractivity contribution < 1.29 is 18.3 Å². The van der Waals surface area contributed by atoms with Crippen LogP contribution in [0.4, 0.5) is 19.3 Å². The molecule has 0 unspecified atom stereocenters. The third kappa shape index (κ3) is 4.05. The highest BCUT2D eigenvalue weighted by atomic mass is 19.1. The van der Waals surface area contributed by atoms with Gasteiger partial charge in [0.05, 0.1) is 7.11 Å². The number of benzene rings is 2. The summed E-state index contributed by atoms with van der Waals surface area (Å²) in [6.45, 7) is 0. The van der Waals surface area contributed by atoms with Gasteiger partial charge in [-0.15, -0.1) is 0 Å². The molecule has 0 saturated heterocycles. The molecular formula is C16H14F2N2O2. The van der Waals surface area contributed by atoms with Gasteiger partial charge >= 0.3 is 6.03 Å². The third-order valence-electron chi connectivity index (χ3n) is 2.81. The predicted octanol–water partition coefficient (Wildman–Crippen LogP) is 3.77. The van der Waals surface area contributed by atoms with E-state index in [9.17, 15) is 13.6 Å². The van der Waals surface area contributed by atoms with E-state index in [0.717, 1.165) is 23.4 Å². The number of ether oxygens (including phenoxy) is 1. The number of carbonyl (C=O) groups excluding carboxylic acids is 1. The molecule has 0 saturated carbocycles. The van der Waals surface area contributed by atoms with Crippen LogP contribution in [0.15, 0.2) is 48.7 Å². The van der Waals surface area contributed by atoms with Crippen molar-refractivity contribution in [3.8, 4) is 5.75 Å². The van der Waals surface area contributed by atoms with Crippen molar-refractivity contribution >= 4 is 17.8 Å². The average molecular weight is 304 g/mol. The maximum Gasteiger partial charge on any atom is 0.323 e. The number of urea groups is 1. The molecule has 4 nitrogen and oxygen atoms in total. The number of nitrogens with one attached hydrogen (secondary N) is 2. The van der Waals surface area contributed by atoms with E-state index in [1.807, 2.05) is 0 Å². The lowest BCUT2D eigenvalue weighted by atomic mass is 10.2. The van der Waals surface area contributed by atoms with Crippen LogP contribution >= 0.6 is 0 Å². The van der Waals surface area contributed by atoms with Gasteiger partial charge < -0.3 is 15.4 Å². The molecule has 114 valence electrons. The minimum absolute atomic E-state index is 0.488. The van der Waals surface area contributed by atoms with E-state index in [4.69, 9.17) is 4.74 Å². The second kappa shape index (κ2) is 7.21. The number of amides is 2. The summed E-state index contributed by atoms with van der Waals surface area (Å²) in [6, 6.07) is 9.74. The number of para-hydroxylation sites is 1. The van der Waals surface area contributed by atoms with E-state index in [0.29, 0.717) is 0 Å². The molecule has 0 aliphatic rings. The zero-order chi connectivity index (χ0) is 15.9. The van der Waals surface area contributed by atoms with E-state index >= 15 is 0 Å². The SMILES string of the molecule is COc1ccc(/C=C/NC(=O)Nc2c(F)cccc2F)cc1. The minimum Gasteiger partial charge on any atom is -0.497 e. The van der Waals surface area contributed by atoms with Crippen LogP contribution in [0.3, 0.4) is 0 Å². The zero-order valence-corrected chi connectivity index (χ0v) is 11.8. The fourth-order valence-corrected chi connectivity index (χ4v) is 1.70. The number of carbonyl (C=O) groups is 1. The highest BCUT2D eigenvalue weighted by Gasteiger charge is 2.10. The predicted molar refractivity (Wildman–Crippen MR) is 80.5 cm³/mol. The van der Waals surface area contributed by atoms with Crippen LogP contribution in [0.1, 0.15) is 5.56 Å². The first kappa shape index (κ1) is 15.5. The van der Waals surface area contributed by atoms with Gasteiger partial charge in [-0.05, 0) is 35.9 Å². The van der Waals surface area contributed by atoms with Crippen LogP contribution < -0.4 is 15.4 Å². The molecule has 2 rings (SSSR count). The Kier molecular flexibility index (Phi) is 5.08. The molecule has 0 aliphatic heterocycles. The molecule has 2 N–H and O–H groups in total. The molecule has 0 spiro atoms. The zero-order valence-electron chi connectivity index (χ0n) is 11.8. The first-order chi connectivity index (χ1) is 10.6. The Labute approximate surface area is 126 Å². The average Bonchev–Trinajstić information content (AvgIpc) is 2.52. The van der Waals surface area contributed by atoms with Crippen LogP contribution in [0, 0.1) is 11.6 Å². The van der Waals surface area contributed by atoms with Gasteiger partial charge in [0, 0.05) is 6.20 Å². The molecule has 22 heavy (non-hydrogen) atoms. The number of anilines is 1. The van der Waals surface area contributed by atoms with Gasteiger partial charge in [-0.2, -0.15) is 0 Å². The van der Waals surface area contributed by atoms with E-state index in [2.05, 4.69) is 10.6 Å². The molecular weight excluding hydrogens is 290 g/mol. The molecule has 2 aromatic carbocycles. The molecule has 0 fully saturated rings.